The van der Waals surface area contributed by atoms with Crippen LogP contribution in [0.2, 0.25) is 0 Å². The molecular weight excluding hydrogens is 220 g/mol. The second kappa shape index (κ2) is 7.19. The minimum atomic E-state index is 0.730. The second-order valence-electron chi connectivity index (χ2n) is 3.56. The van der Waals surface area contributed by atoms with E-state index in [1.54, 1.807) is 0 Å². The molecule has 0 aliphatic carbocycles. The Morgan fingerprint density at radius 2 is 1.67 bits per heavy atom. The smallest absolute Gasteiger partial charge is 0.143 e. The molecule has 0 saturated heterocycles. The summed E-state index contributed by atoms with van der Waals surface area (Å²) >= 11 is 0. The van der Waals surface area contributed by atoms with Crippen LogP contribution in [0.3, 0.4) is 0 Å². The zero-order chi connectivity index (χ0) is 13.4. The Kier molecular flexibility index (Phi) is 5.54. The highest BCUT2D eigenvalue weighted by Crippen LogP contribution is 2.25. The van der Waals surface area contributed by atoms with Crippen molar-refractivity contribution in [1.29, 1.82) is 0 Å². The summed E-state index contributed by atoms with van der Waals surface area (Å²) in [5.41, 5.74) is 1.90. The van der Waals surface area contributed by atoms with E-state index >= 15 is 0 Å². The van der Waals surface area contributed by atoms with E-state index in [4.69, 9.17) is 11.2 Å². The van der Waals surface area contributed by atoms with E-state index in [1.807, 2.05) is 69.3 Å². The van der Waals surface area contributed by atoms with E-state index in [2.05, 4.69) is 5.92 Å². The molecule has 0 N–H and O–H groups in total. The first kappa shape index (κ1) is 13.9. The SMILES string of the molecule is C#Cc1ccc(C)cc1Oc1ccccc1.CC. The normalized spacial score (nSPS) is 8.78. The number of para-hydroxylation sites is 1. The van der Waals surface area contributed by atoms with Gasteiger partial charge in [0.15, 0.2) is 0 Å². The summed E-state index contributed by atoms with van der Waals surface area (Å²) in [5.74, 6) is 4.14. The fourth-order valence-corrected chi connectivity index (χ4v) is 1.45. The number of hydrogen-bond acceptors (Lipinski definition) is 1. The molecule has 2 aromatic carbocycles. The highest BCUT2D eigenvalue weighted by molar-refractivity contribution is 5.48. The van der Waals surface area contributed by atoms with Gasteiger partial charge < -0.3 is 4.74 Å². The van der Waals surface area contributed by atoms with Crippen molar-refractivity contribution >= 4 is 0 Å². The summed E-state index contributed by atoms with van der Waals surface area (Å²) in [6, 6.07) is 15.4. The first-order chi connectivity index (χ1) is 8.79. The van der Waals surface area contributed by atoms with Crippen LogP contribution in [-0.4, -0.2) is 0 Å². The fourth-order valence-electron chi connectivity index (χ4n) is 1.45. The molecule has 0 aliphatic rings. The Morgan fingerprint density at radius 1 is 1.00 bits per heavy atom. The molecule has 0 unspecified atom stereocenters. The maximum absolute atomic E-state index is 5.74. The van der Waals surface area contributed by atoms with Gasteiger partial charge in [0, 0.05) is 0 Å². The van der Waals surface area contributed by atoms with Crippen molar-refractivity contribution < 1.29 is 4.74 Å². The molecule has 0 saturated carbocycles. The Labute approximate surface area is 109 Å². The first-order valence-corrected chi connectivity index (χ1v) is 6.10. The van der Waals surface area contributed by atoms with Crippen LogP contribution in [-0.2, 0) is 0 Å². The van der Waals surface area contributed by atoms with Gasteiger partial charge in [-0.2, -0.15) is 0 Å². The standard InChI is InChI=1S/C15H12O.C2H6/c1-3-13-10-9-12(2)11-15(13)16-14-7-5-4-6-8-14;1-2/h1,4-11H,2H3;1-2H3. The number of aryl methyl sites for hydroxylation is 1. The maximum atomic E-state index is 5.74. The van der Waals surface area contributed by atoms with Crippen molar-refractivity contribution in [3.63, 3.8) is 0 Å². The molecule has 0 spiro atoms. The molecule has 0 bridgehead atoms. The van der Waals surface area contributed by atoms with Crippen LogP contribution in [0.25, 0.3) is 0 Å². The van der Waals surface area contributed by atoms with Crippen LogP contribution < -0.4 is 4.74 Å². The maximum Gasteiger partial charge on any atom is 0.143 e. The van der Waals surface area contributed by atoms with E-state index in [0.29, 0.717) is 0 Å². The Morgan fingerprint density at radius 3 is 2.28 bits per heavy atom. The molecule has 0 amide bonds. The monoisotopic (exact) mass is 238 g/mol. The molecule has 1 nitrogen and oxygen atoms in total. The summed E-state index contributed by atoms with van der Waals surface area (Å²) in [6.07, 6.45) is 5.42. The topological polar surface area (TPSA) is 9.23 Å². The average Bonchev–Trinajstić information content (AvgIpc) is 2.42. The van der Waals surface area contributed by atoms with Gasteiger partial charge in [0.1, 0.15) is 11.5 Å². The largest absolute Gasteiger partial charge is 0.456 e. The van der Waals surface area contributed by atoms with Gasteiger partial charge in [-0.05, 0) is 36.8 Å². The van der Waals surface area contributed by atoms with E-state index < -0.39 is 0 Å². The number of benzene rings is 2. The van der Waals surface area contributed by atoms with Gasteiger partial charge in [0.25, 0.3) is 0 Å². The Hall–Kier alpha value is -2.20. The summed E-state index contributed by atoms with van der Waals surface area (Å²) in [7, 11) is 0. The van der Waals surface area contributed by atoms with E-state index in [0.717, 1.165) is 22.6 Å². The van der Waals surface area contributed by atoms with Crippen molar-refractivity contribution in [2.45, 2.75) is 20.8 Å². The van der Waals surface area contributed by atoms with Gasteiger partial charge in [0.05, 0.1) is 5.56 Å². The molecule has 2 rings (SSSR count). The minimum absolute atomic E-state index is 0.730. The summed E-state index contributed by atoms with van der Waals surface area (Å²) in [5, 5.41) is 0. The number of ether oxygens (including phenoxy) is 1. The highest BCUT2D eigenvalue weighted by Gasteiger charge is 2.02. The summed E-state index contributed by atoms with van der Waals surface area (Å²) in [6.45, 7) is 6.01. The third-order valence-electron chi connectivity index (χ3n) is 2.26. The van der Waals surface area contributed by atoms with Gasteiger partial charge in [-0.15, -0.1) is 6.42 Å². The van der Waals surface area contributed by atoms with Crippen molar-refractivity contribution in [1.82, 2.24) is 0 Å². The Bertz CT molecular complexity index is 521. The second-order valence-corrected chi connectivity index (χ2v) is 3.56. The van der Waals surface area contributed by atoms with Crippen LogP contribution in [0.4, 0.5) is 0 Å². The highest BCUT2D eigenvalue weighted by atomic mass is 16.5. The van der Waals surface area contributed by atoms with Gasteiger partial charge >= 0.3 is 0 Å². The average molecular weight is 238 g/mol. The fraction of sp³-hybridized carbons (Fsp3) is 0.176. The number of terminal acetylenes is 1. The lowest BCUT2D eigenvalue weighted by molar-refractivity contribution is 0.481. The van der Waals surface area contributed by atoms with E-state index in [9.17, 15) is 0 Å². The zero-order valence-corrected chi connectivity index (χ0v) is 11.1. The molecule has 0 heterocycles. The number of hydrogen-bond donors (Lipinski definition) is 0. The molecule has 0 aromatic heterocycles. The first-order valence-electron chi connectivity index (χ1n) is 6.10. The van der Waals surface area contributed by atoms with E-state index in [-0.39, 0.29) is 0 Å². The minimum Gasteiger partial charge on any atom is -0.456 e. The van der Waals surface area contributed by atoms with E-state index in [1.165, 1.54) is 0 Å². The molecule has 1 heteroatoms. The molecule has 92 valence electrons. The zero-order valence-electron chi connectivity index (χ0n) is 11.1. The van der Waals surface area contributed by atoms with Crippen LogP contribution in [0.15, 0.2) is 48.5 Å². The van der Waals surface area contributed by atoms with Crippen LogP contribution in [0, 0.1) is 19.3 Å². The van der Waals surface area contributed by atoms with Crippen LogP contribution in [0.5, 0.6) is 11.5 Å². The van der Waals surface area contributed by atoms with Crippen molar-refractivity contribution in [3.05, 3.63) is 59.7 Å². The third kappa shape index (κ3) is 3.68. The van der Waals surface area contributed by atoms with Crippen molar-refractivity contribution in [2.75, 3.05) is 0 Å². The quantitative estimate of drug-likeness (QED) is 0.683. The summed E-state index contributed by atoms with van der Waals surface area (Å²) < 4.78 is 5.74. The van der Waals surface area contributed by atoms with Gasteiger partial charge in [-0.3, -0.25) is 0 Å². The lowest BCUT2D eigenvalue weighted by Gasteiger charge is -2.08. The predicted octanol–water partition coefficient (Wildman–Crippen LogP) is 4.79. The number of rotatable bonds is 2. The van der Waals surface area contributed by atoms with Crippen molar-refractivity contribution in [3.8, 4) is 23.8 Å². The molecule has 2 aromatic rings. The summed E-state index contributed by atoms with van der Waals surface area (Å²) in [4.78, 5) is 0. The lowest BCUT2D eigenvalue weighted by Crippen LogP contribution is -1.88. The molecule has 18 heavy (non-hydrogen) atoms. The van der Waals surface area contributed by atoms with Gasteiger partial charge in [-0.25, -0.2) is 0 Å². The van der Waals surface area contributed by atoms with Gasteiger partial charge in [-0.1, -0.05) is 44.0 Å². The van der Waals surface area contributed by atoms with Crippen LogP contribution >= 0.6 is 0 Å². The molecule has 0 fully saturated rings. The Balaban J connectivity index is 0.000000771. The van der Waals surface area contributed by atoms with Crippen molar-refractivity contribution in [2.24, 2.45) is 0 Å². The molecular formula is C17H18O. The predicted molar refractivity (Wildman–Crippen MR) is 77.0 cm³/mol. The lowest BCUT2D eigenvalue weighted by atomic mass is 10.1. The molecule has 0 atom stereocenters. The van der Waals surface area contributed by atoms with Gasteiger partial charge in [0.2, 0.25) is 0 Å². The van der Waals surface area contributed by atoms with Crippen LogP contribution in [0.1, 0.15) is 25.0 Å². The third-order valence-corrected chi connectivity index (χ3v) is 2.26. The molecule has 0 radical (unpaired) electrons. The molecule has 0 aliphatic heterocycles.